The van der Waals surface area contributed by atoms with Crippen molar-refractivity contribution in [2.45, 2.75) is 13.8 Å². The molecule has 0 aliphatic rings. The van der Waals surface area contributed by atoms with Crippen LogP contribution in [0, 0.1) is 0 Å². The molecule has 7 aromatic rings. The Bertz CT molecular complexity index is 1740. The highest BCUT2D eigenvalue weighted by Gasteiger charge is 2.31. The highest BCUT2D eigenvalue weighted by molar-refractivity contribution is 6.46. The van der Waals surface area contributed by atoms with Crippen LogP contribution >= 0.6 is 0 Å². The summed E-state index contributed by atoms with van der Waals surface area (Å²) in [5.41, 5.74) is 1.03. The van der Waals surface area contributed by atoms with Crippen LogP contribution in [-0.2, 0) is 9.47 Å². The predicted octanol–water partition coefficient (Wildman–Crippen LogP) is 7.83. The third-order valence-electron chi connectivity index (χ3n) is 7.35. The fraction of sp³-hybridized carbons (Fsp3) is 0.125. The number of benzene rings is 5. The minimum Gasteiger partial charge on any atom is -0.462 e. The summed E-state index contributed by atoms with van der Waals surface area (Å²) in [6.07, 6.45) is 0. The average molecular weight is 471 g/mol. The standard InChI is InChI=1S/C32H22O4/c1-3-35-31(33)29-25-19-13-5-9-17-11-7-15-21(23(17)19)27(25)30(32(34)36-4-2)28-22-16-8-12-18-10-6-14-20(24(18)22)26(28)29/h5-16H,3-4H2,1-2H3. The zero-order valence-electron chi connectivity index (χ0n) is 20.0. The Morgan fingerprint density at radius 1 is 0.500 bits per heavy atom. The first-order valence-corrected chi connectivity index (χ1v) is 12.3. The lowest BCUT2D eigenvalue weighted by atomic mass is 9.93. The average Bonchev–Trinajstić information content (AvgIpc) is 3.40. The highest BCUT2D eigenvalue weighted by atomic mass is 16.5. The van der Waals surface area contributed by atoms with Crippen molar-refractivity contribution in [3.8, 4) is 0 Å². The molecule has 0 N–H and O–H groups in total. The predicted molar refractivity (Wildman–Crippen MR) is 146 cm³/mol. The molecule has 0 bridgehead atoms. The molecule has 4 heteroatoms. The molecule has 0 unspecified atom stereocenters. The quantitative estimate of drug-likeness (QED) is 0.246. The number of ether oxygens (including phenoxy) is 2. The van der Waals surface area contributed by atoms with Crippen LogP contribution in [0.2, 0.25) is 0 Å². The summed E-state index contributed by atoms with van der Waals surface area (Å²) in [7, 11) is 0. The lowest BCUT2D eigenvalue weighted by Crippen LogP contribution is -2.10. The van der Waals surface area contributed by atoms with Crippen molar-refractivity contribution >= 4 is 76.6 Å². The van der Waals surface area contributed by atoms with Gasteiger partial charge < -0.3 is 9.47 Å². The maximum Gasteiger partial charge on any atom is 0.339 e. The second kappa shape index (κ2) is 7.53. The SMILES string of the molecule is CCOC(=O)c1c2c3cccc4cccc(c2c(C(=O)OCC)c2c5cccc6cccc(c12)c65)c43. The minimum atomic E-state index is -0.380. The third-order valence-corrected chi connectivity index (χ3v) is 7.35. The molecule has 4 nitrogen and oxygen atoms in total. The van der Waals surface area contributed by atoms with Gasteiger partial charge in [-0.15, -0.1) is 0 Å². The lowest BCUT2D eigenvalue weighted by molar-refractivity contribution is 0.0518. The molecule has 0 radical (unpaired) electrons. The summed E-state index contributed by atoms with van der Waals surface area (Å²) < 4.78 is 11.3. The van der Waals surface area contributed by atoms with Gasteiger partial charge >= 0.3 is 11.9 Å². The second-order valence-electron chi connectivity index (χ2n) is 9.11. The van der Waals surface area contributed by atoms with Gasteiger partial charge in [-0.1, -0.05) is 72.8 Å². The van der Waals surface area contributed by atoms with E-state index in [0.717, 1.165) is 64.6 Å². The first kappa shape index (κ1) is 20.9. The van der Waals surface area contributed by atoms with Gasteiger partial charge in [0.1, 0.15) is 0 Å². The van der Waals surface area contributed by atoms with Gasteiger partial charge in [0.25, 0.3) is 0 Å². The topological polar surface area (TPSA) is 52.6 Å². The second-order valence-corrected chi connectivity index (χ2v) is 9.11. The van der Waals surface area contributed by atoms with Crippen LogP contribution in [-0.4, -0.2) is 25.2 Å². The summed E-state index contributed by atoms with van der Waals surface area (Å²) in [5.74, 6) is -0.759. The zero-order chi connectivity index (χ0) is 24.6. The van der Waals surface area contributed by atoms with Gasteiger partial charge in [0.2, 0.25) is 0 Å². The van der Waals surface area contributed by atoms with Crippen molar-refractivity contribution in [2.24, 2.45) is 0 Å². The third kappa shape index (κ3) is 2.53. The summed E-state index contributed by atoms with van der Waals surface area (Å²) in [6, 6.07) is 24.4. The lowest BCUT2D eigenvalue weighted by Gasteiger charge is -2.13. The maximum absolute atomic E-state index is 13.8. The van der Waals surface area contributed by atoms with E-state index in [9.17, 15) is 9.59 Å². The molecule has 7 rings (SSSR count). The number of fused-ring (bicyclic) bond motifs is 6. The van der Waals surface area contributed by atoms with E-state index in [1.807, 2.05) is 62.4 Å². The highest BCUT2D eigenvalue weighted by Crippen LogP contribution is 2.50. The largest absolute Gasteiger partial charge is 0.462 e. The minimum absolute atomic E-state index is 0.260. The van der Waals surface area contributed by atoms with Gasteiger partial charge in [0, 0.05) is 21.5 Å². The number of carbonyl (C=O) groups excluding carboxylic acids is 2. The molecule has 0 aliphatic heterocycles. The van der Waals surface area contributed by atoms with Crippen molar-refractivity contribution in [3.05, 3.63) is 83.9 Å². The number of hydrogen-bond donors (Lipinski definition) is 0. The summed E-state index contributed by atoms with van der Waals surface area (Å²) >= 11 is 0. The summed E-state index contributed by atoms with van der Waals surface area (Å²) in [5, 5.41) is 11.0. The van der Waals surface area contributed by atoms with Crippen LogP contribution in [0.15, 0.2) is 72.8 Å². The monoisotopic (exact) mass is 470 g/mol. The van der Waals surface area contributed by atoms with Crippen LogP contribution in [0.5, 0.6) is 0 Å². The van der Waals surface area contributed by atoms with Crippen molar-refractivity contribution in [1.29, 1.82) is 0 Å². The Kier molecular flexibility index (Phi) is 4.37. The Morgan fingerprint density at radius 2 is 0.806 bits per heavy atom. The molecule has 0 amide bonds. The molecule has 0 saturated heterocycles. The molecular weight excluding hydrogens is 448 g/mol. The van der Waals surface area contributed by atoms with Gasteiger partial charge in [-0.05, 0) is 56.9 Å². The Hall–Kier alpha value is -4.44. The van der Waals surface area contributed by atoms with Crippen LogP contribution in [0.25, 0.3) is 64.6 Å². The summed E-state index contributed by atoms with van der Waals surface area (Å²) in [6.45, 7) is 4.15. The normalized spacial score (nSPS) is 12.1. The Balaban J connectivity index is 1.89. The van der Waals surface area contributed by atoms with E-state index in [-0.39, 0.29) is 25.2 Å². The maximum atomic E-state index is 13.8. The van der Waals surface area contributed by atoms with E-state index in [1.165, 1.54) is 0 Å². The van der Waals surface area contributed by atoms with Crippen LogP contribution in [0.4, 0.5) is 0 Å². The van der Waals surface area contributed by atoms with Crippen LogP contribution < -0.4 is 0 Å². The number of hydrogen-bond acceptors (Lipinski definition) is 4. The molecule has 0 aliphatic carbocycles. The van der Waals surface area contributed by atoms with Gasteiger partial charge in [0.05, 0.1) is 24.3 Å². The number of esters is 2. The van der Waals surface area contributed by atoms with E-state index in [1.54, 1.807) is 0 Å². The molecule has 7 aromatic carbocycles. The molecular formula is C32H22O4. The molecule has 36 heavy (non-hydrogen) atoms. The van der Waals surface area contributed by atoms with Crippen molar-refractivity contribution in [2.75, 3.05) is 13.2 Å². The first-order valence-electron chi connectivity index (χ1n) is 12.3. The van der Waals surface area contributed by atoms with E-state index >= 15 is 0 Å². The Labute approximate surface area is 206 Å². The fourth-order valence-electron chi connectivity index (χ4n) is 6.16. The van der Waals surface area contributed by atoms with Crippen molar-refractivity contribution in [3.63, 3.8) is 0 Å². The van der Waals surface area contributed by atoms with Gasteiger partial charge in [0.15, 0.2) is 0 Å². The van der Waals surface area contributed by atoms with Gasteiger partial charge in [-0.2, -0.15) is 0 Å². The smallest absolute Gasteiger partial charge is 0.339 e. The Morgan fingerprint density at radius 3 is 1.08 bits per heavy atom. The molecule has 0 heterocycles. The van der Waals surface area contributed by atoms with Crippen LogP contribution in [0.1, 0.15) is 34.6 Å². The zero-order valence-corrected chi connectivity index (χ0v) is 20.0. The molecule has 0 atom stereocenters. The van der Waals surface area contributed by atoms with Crippen molar-refractivity contribution < 1.29 is 19.1 Å². The summed E-state index contributed by atoms with van der Waals surface area (Å²) in [4.78, 5) is 27.5. The number of carbonyl (C=O) groups is 2. The molecule has 174 valence electrons. The van der Waals surface area contributed by atoms with E-state index in [2.05, 4.69) is 24.3 Å². The molecule has 0 aromatic heterocycles. The van der Waals surface area contributed by atoms with E-state index in [4.69, 9.17) is 9.47 Å². The van der Waals surface area contributed by atoms with E-state index < -0.39 is 0 Å². The molecule has 0 spiro atoms. The first-order chi connectivity index (χ1) is 17.7. The molecule has 0 fully saturated rings. The van der Waals surface area contributed by atoms with Gasteiger partial charge in [-0.3, -0.25) is 0 Å². The van der Waals surface area contributed by atoms with Crippen LogP contribution in [0.3, 0.4) is 0 Å². The molecule has 0 saturated carbocycles. The van der Waals surface area contributed by atoms with Crippen molar-refractivity contribution in [1.82, 2.24) is 0 Å². The fourth-order valence-corrected chi connectivity index (χ4v) is 6.16. The van der Waals surface area contributed by atoms with Gasteiger partial charge in [-0.25, -0.2) is 9.59 Å². The van der Waals surface area contributed by atoms with E-state index in [0.29, 0.717) is 11.1 Å². The number of rotatable bonds is 4.